The number of aliphatic hydroxyl groups excluding tert-OH is 1. The predicted molar refractivity (Wildman–Crippen MR) is 180 cm³/mol. The molecule has 0 unspecified atom stereocenters. The lowest BCUT2D eigenvalue weighted by atomic mass is 9.99. The molecular weight excluding hydrogens is 582 g/mol. The third kappa shape index (κ3) is 7.74. The minimum atomic E-state index is -1.03. The summed E-state index contributed by atoms with van der Waals surface area (Å²) in [5.41, 5.74) is 7.05. The van der Waals surface area contributed by atoms with E-state index in [0.717, 1.165) is 65.4 Å². The van der Waals surface area contributed by atoms with Gasteiger partial charge in [-0.25, -0.2) is 8.78 Å². The quantitative estimate of drug-likeness (QED) is 0.122. The van der Waals surface area contributed by atoms with E-state index in [1.54, 1.807) is 0 Å². The van der Waals surface area contributed by atoms with Crippen molar-refractivity contribution in [2.24, 2.45) is 0 Å². The van der Waals surface area contributed by atoms with Crippen molar-refractivity contribution >= 4 is 16.8 Å². The topological polar surface area (TPSA) is 71.2 Å². The van der Waals surface area contributed by atoms with E-state index < -0.39 is 23.8 Å². The maximum absolute atomic E-state index is 14.1. The predicted octanol–water partition coefficient (Wildman–Crippen LogP) is 7.18. The summed E-state index contributed by atoms with van der Waals surface area (Å²) in [5, 5.41) is 18.7. The lowest BCUT2D eigenvalue weighted by Crippen LogP contribution is -2.48. The molecule has 0 aliphatic carbocycles. The molecule has 3 aromatic carbocycles. The third-order valence-corrected chi connectivity index (χ3v) is 8.63. The molecule has 0 bridgehead atoms. The maximum atomic E-state index is 14.1. The van der Waals surface area contributed by atoms with Crippen molar-refractivity contribution in [2.75, 3.05) is 6.54 Å². The highest BCUT2D eigenvalue weighted by Gasteiger charge is 2.24. The van der Waals surface area contributed by atoms with E-state index in [0.29, 0.717) is 17.7 Å². The first-order valence-corrected chi connectivity index (χ1v) is 16.2. The van der Waals surface area contributed by atoms with Crippen molar-refractivity contribution in [3.8, 4) is 5.69 Å². The molecule has 46 heavy (non-hydrogen) atoms. The molecule has 242 valence electrons. The number of benzene rings is 3. The Morgan fingerprint density at radius 2 is 1.61 bits per heavy atom. The van der Waals surface area contributed by atoms with Gasteiger partial charge in [-0.2, -0.15) is 0 Å². The van der Waals surface area contributed by atoms with Gasteiger partial charge in [-0.05, 0) is 92.3 Å². The molecule has 0 aliphatic heterocycles. The molecule has 0 spiro atoms. The first kappa shape index (κ1) is 33.1. The number of aliphatic hydroxyl groups is 1. The van der Waals surface area contributed by atoms with Gasteiger partial charge in [-0.1, -0.05) is 44.5 Å². The van der Waals surface area contributed by atoms with E-state index in [4.69, 9.17) is 0 Å². The summed E-state index contributed by atoms with van der Waals surface area (Å²) in [7, 11) is 0. The van der Waals surface area contributed by atoms with Crippen LogP contribution in [0.5, 0.6) is 0 Å². The Bertz CT molecular complexity index is 1770. The fraction of sp³-hybridized carbons (Fsp3) is 0.342. The van der Waals surface area contributed by atoms with Gasteiger partial charge in [-0.15, -0.1) is 0 Å². The van der Waals surface area contributed by atoms with E-state index in [1.807, 2.05) is 38.1 Å². The number of hydrogen-bond acceptors (Lipinski definition) is 3. The van der Waals surface area contributed by atoms with E-state index in [9.17, 15) is 18.7 Å². The molecule has 0 saturated heterocycles. The third-order valence-electron chi connectivity index (χ3n) is 8.63. The van der Waals surface area contributed by atoms with Crippen LogP contribution in [-0.2, 0) is 25.9 Å². The van der Waals surface area contributed by atoms with Gasteiger partial charge in [0.2, 0.25) is 0 Å². The van der Waals surface area contributed by atoms with Gasteiger partial charge in [0.1, 0.15) is 11.6 Å². The number of aromatic nitrogens is 2. The van der Waals surface area contributed by atoms with Crippen molar-refractivity contribution in [3.05, 3.63) is 124 Å². The second kappa shape index (κ2) is 14.9. The Morgan fingerprint density at radius 3 is 2.30 bits per heavy atom. The fourth-order valence-electron chi connectivity index (χ4n) is 6.15. The minimum absolute atomic E-state index is 0.0480. The number of amides is 1. The summed E-state index contributed by atoms with van der Waals surface area (Å²) >= 11 is 0. The molecule has 2 atom stereocenters. The Labute approximate surface area is 270 Å². The number of unbranched alkanes of at least 4 members (excludes halogenated alkanes) is 1. The van der Waals surface area contributed by atoms with Gasteiger partial charge in [0.05, 0.1) is 23.3 Å². The lowest BCUT2D eigenvalue weighted by Gasteiger charge is -2.25. The van der Waals surface area contributed by atoms with Gasteiger partial charge in [0.15, 0.2) is 0 Å². The monoisotopic (exact) mass is 626 g/mol. The fourth-order valence-corrected chi connectivity index (χ4v) is 6.15. The van der Waals surface area contributed by atoms with Gasteiger partial charge in [0, 0.05) is 54.2 Å². The standard InChI is InChI=1S/C38H44F2N4O2/c1-5-7-14-43-15-13-33-35(43)20-30(21-36(33)44-25(3)11-12-26(44)4)38(46)42-34(19-29-17-31(39)22-32(40)18-29)37(45)24-41-23-28-10-8-9-27(6-2)16-28/h8-13,15-18,20-22,34,37,41,45H,5-7,14,19,23-24H2,1-4H3,(H,42,46)/t34-,37-/m0/s1. The molecule has 0 aliphatic rings. The molecule has 8 heteroatoms. The number of nitrogens with zero attached hydrogens (tertiary/aromatic N) is 2. The highest BCUT2D eigenvalue weighted by molar-refractivity contribution is 6.01. The van der Waals surface area contributed by atoms with Crippen molar-refractivity contribution in [1.82, 2.24) is 19.8 Å². The van der Waals surface area contributed by atoms with Crippen LogP contribution in [0.1, 0.15) is 65.1 Å². The first-order chi connectivity index (χ1) is 22.2. The Morgan fingerprint density at radius 1 is 0.891 bits per heavy atom. The Hall–Kier alpha value is -4.27. The molecule has 0 radical (unpaired) electrons. The van der Waals surface area contributed by atoms with Gasteiger partial charge in [-0.3, -0.25) is 4.79 Å². The van der Waals surface area contributed by atoms with Crippen LogP contribution in [-0.4, -0.2) is 38.8 Å². The summed E-state index contributed by atoms with van der Waals surface area (Å²) in [6, 6.07) is 20.7. The van der Waals surface area contributed by atoms with E-state index >= 15 is 0 Å². The molecule has 3 N–H and O–H groups in total. The highest BCUT2D eigenvalue weighted by Crippen LogP contribution is 2.29. The average molecular weight is 627 g/mol. The smallest absolute Gasteiger partial charge is 0.251 e. The number of carbonyl (C=O) groups excluding carboxylic acids is 1. The van der Waals surface area contributed by atoms with Gasteiger partial charge in [0.25, 0.3) is 5.91 Å². The number of nitrogens with one attached hydrogen (secondary N) is 2. The van der Waals surface area contributed by atoms with Crippen LogP contribution in [0.15, 0.2) is 79.0 Å². The number of hydrogen-bond donors (Lipinski definition) is 3. The molecule has 1 amide bonds. The van der Waals surface area contributed by atoms with Crippen LogP contribution in [0.4, 0.5) is 8.78 Å². The van der Waals surface area contributed by atoms with E-state index in [-0.39, 0.29) is 18.9 Å². The van der Waals surface area contributed by atoms with Crippen molar-refractivity contribution in [3.63, 3.8) is 0 Å². The van der Waals surface area contributed by atoms with Crippen molar-refractivity contribution in [2.45, 2.75) is 78.6 Å². The van der Waals surface area contributed by atoms with Crippen LogP contribution >= 0.6 is 0 Å². The molecule has 0 saturated carbocycles. The lowest BCUT2D eigenvalue weighted by molar-refractivity contribution is 0.0830. The normalized spacial score (nSPS) is 12.8. The van der Waals surface area contributed by atoms with Crippen molar-refractivity contribution < 1.29 is 18.7 Å². The summed E-state index contributed by atoms with van der Waals surface area (Å²) < 4.78 is 32.6. The van der Waals surface area contributed by atoms with Gasteiger partial charge >= 0.3 is 0 Å². The summed E-state index contributed by atoms with van der Waals surface area (Å²) in [6.07, 6.45) is 4.05. The summed E-state index contributed by atoms with van der Waals surface area (Å²) in [5.74, 6) is -1.78. The number of fused-ring (bicyclic) bond motifs is 1. The average Bonchev–Trinajstić information content (AvgIpc) is 3.60. The molecule has 5 aromatic rings. The van der Waals surface area contributed by atoms with Crippen LogP contribution in [0.3, 0.4) is 0 Å². The number of carbonyl (C=O) groups is 1. The van der Waals surface area contributed by atoms with E-state index in [1.165, 1.54) is 17.7 Å². The maximum Gasteiger partial charge on any atom is 0.251 e. The van der Waals surface area contributed by atoms with Crippen LogP contribution in [0, 0.1) is 25.5 Å². The number of aryl methyl sites for hydroxylation is 4. The molecule has 2 aromatic heterocycles. The van der Waals surface area contributed by atoms with Crippen molar-refractivity contribution in [1.29, 1.82) is 0 Å². The molecule has 2 heterocycles. The summed E-state index contributed by atoms with van der Waals surface area (Å²) in [6.45, 7) is 9.85. The molecule has 5 rings (SSSR count). The molecular formula is C38H44F2N4O2. The van der Waals surface area contributed by atoms with Crippen LogP contribution in [0.2, 0.25) is 0 Å². The zero-order chi connectivity index (χ0) is 32.8. The second-order valence-corrected chi connectivity index (χ2v) is 12.2. The second-order valence-electron chi connectivity index (χ2n) is 12.2. The van der Waals surface area contributed by atoms with Gasteiger partial charge < -0.3 is 24.9 Å². The van der Waals surface area contributed by atoms with Crippen LogP contribution < -0.4 is 10.6 Å². The molecule has 6 nitrogen and oxygen atoms in total. The minimum Gasteiger partial charge on any atom is -0.390 e. The SMILES string of the molecule is CCCCn1ccc2c(-n3c(C)ccc3C)cc(C(=O)N[C@@H](Cc3cc(F)cc(F)c3)[C@@H](O)CNCc3cccc(CC)c3)cc21. The zero-order valence-corrected chi connectivity index (χ0v) is 27.1. The summed E-state index contributed by atoms with van der Waals surface area (Å²) in [4.78, 5) is 14.0. The number of rotatable bonds is 14. The number of halogens is 2. The first-order valence-electron chi connectivity index (χ1n) is 16.2. The Kier molecular flexibility index (Phi) is 10.7. The van der Waals surface area contributed by atoms with E-state index in [2.05, 4.69) is 70.1 Å². The largest absolute Gasteiger partial charge is 0.390 e. The molecule has 0 fully saturated rings. The zero-order valence-electron chi connectivity index (χ0n) is 27.1. The van der Waals surface area contributed by atoms with Crippen LogP contribution in [0.25, 0.3) is 16.6 Å². The Balaban J connectivity index is 1.45. The highest BCUT2D eigenvalue weighted by atomic mass is 19.1.